The Balaban J connectivity index is 2.19. The fourth-order valence-electron chi connectivity index (χ4n) is 1.90. The fourth-order valence-corrected chi connectivity index (χ4v) is 1.90. The van der Waals surface area contributed by atoms with Crippen molar-refractivity contribution >= 4 is 17.3 Å². The summed E-state index contributed by atoms with van der Waals surface area (Å²) in [5.41, 5.74) is 1.57. The van der Waals surface area contributed by atoms with Crippen LogP contribution in [-0.4, -0.2) is 29.1 Å². The number of fused-ring (bicyclic) bond motifs is 1. The fraction of sp³-hybridized carbons (Fsp3) is 0.385. The highest BCUT2D eigenvalue weighted by Crippen LogP contribution is 2.17. The van der Waals surface area contributed by atoms with Crippen molar-refractivity contribution in [1.29, 1.82) is 0 Å². The largest absolute Gasteiger partial charge is 0.382 e. The lowest BCUT2D eigenvalue weighted by Gasteiger charge is -2.04. The number of ether oxygens (including phenoxy) is 1. The predicted octanol–water partition coefficient (Wildman–Crippen LogP) is 2.28. The first-order valence-electron chi connectivity index (χ1n) is 5.83. The zero-order valence-corrected chi connectivity index (χ0v) is 9.93. The van der Waals surface area contributed by atoms with Gasteiger partial charge in [-0.15, -0.1) is 0 Å². The molecule has 0 saturated carbocycles. The lowest BCUT2D eigenvalue weighted by molar-refractivity contribution is 0.112. The van der Waals surface area contributed by atoms with Gasteiger partial charge in [0.25, 0.3) is 0 Å². The van der Waals surface area contributed by atoms with Crippen LogP contribution in [0.1, 0.15) is 23.7 Å². The number of pyridine rings is 1. The van der Waals surface area contributed by atoms with Crippen molar-refractivity contribution in [2.75, 3.05) is 13.2 Å². The Bertz CT molecular complexity index is 505. The van der Waals surface area contributed by atoms with E-state index in [1.54, 1.807) is 6.20 Å². The third-order valence-corrected chi connectivity index (χ3v) is 2.68. The zero-order valence-electron chi connectivity index (χ0n) is 9.93. The third kappa shape index (κ3) is 2.53. The van der Waals surface area contributed by atoms with Crippen molar-refractivity contribution in [3.8, 4) is 0 Å². The molecule has 0 N–H and O–H groups in total. The van der Waals surface area contributed by atoms with Gasteiger partial charge in [-0.05, 0) is 25.5 Å². The molecule has 0 atom stereocenters. The molecule has 2 heterocycles. The summed E-state index contributed by atoms with van der Waals surface area (Å²) in [5, 5.41) is 0.916. The quantitative estimate of drug-likeness (QED) is 0.567. The lowest BCUT2D eigenvalue weighted by atomic mass is 10.2. The molecule has 2 rings (SSSR count). The summed E-state index contributed by atoms with van der Waals surface area (Å²) < 4.78 is 7.31. The van der Waals surface area contributed by atoms with E-state index >= 15 is 0 Å². The highest BCUT2D eigenvalue weighted by atomic mass is 16.5. The van der Waals surface area contributed by atoms with Crippen LogP contribution in [0.4, 0.5) is 0 Å². The highest BCUT2D eigenvalue weighted by Gasteiger charge is 2.07. The van der Waals surface area contributed by atoms with Gasteiger partial charge in [-0.3, -0.25) is 4.79 Å². The molecule has 0 unspecified atom stereocenters. The molecular weight excluding hydrogens is 216 g/mol. The predicted molar refractivity (Wildman–Crippen MR) is 66.2 cm³/mol. The number of aryl methyl sites for hydroxylation is 1. The molecule has 0 aliphatic heterocycles. The van der Waals surface area contributed by atoms with Crippen LogP contribution in [0, 0.1) is 0 Å². The van der Waals surface area contributed by atoms with E-state index < -0.39 is 0 Å². The van der Waals surface area contributed by atoms with Crippen molar-refractivity contribution in [3.05, 3.63) is 30.1 Å². The van der Waals surface area contributed by atoms with E-state index in [1.807, 2.05) is 29.8 Å². The molecule has 0 fully saturated rings. The highest BCUT2D eigenvalue weighted by molar-refractivity contribution is 5.95. The summed E-state index contributed by atoms with van der Waals surface area (Å²) in [6.07, 6.45) is 5.40. The molecule has 4 heteroatoms. The molecule has 90 valence electrons. The second-order valence-corrected chi connectivity index (χ2v) is 3.82. The Morgan fingerprint density at radius 1 is 1.53 bits per heavy atom. The van der Waals surface area contributed by atoms with E-state index in [0.717, 1.165) is 43.5 Å². The first-order valence-corrected chi connectivity index (χ1v) is 5.83. The van der Waals surface area contributed by atoms with Gasteiger partial charge in [0.05, 0.1) is 0 Å². The van der Waals surface area contributed by atoms with Crippen molar-refractivity contribution in [2.45, 2.75) is 19.9 Å². The molecule has 2 aromatic rings. The third-order valence-electron chi connectivity index (χ3n) is 2.68. The number of nitrogens with zero attached hydrogens (tertiary/aromatic N) is 2. The first-order chi connectivity index (χ1) is 8.36. The molecule has 0 saturated heterocycles. The second kappa shape index (κ2) is 5.59. The van der Waals surface area contributed by atoms with Crippen molar-refractivity contribution < 1.29 is 9.53 Å². The van der Waals surface area contributed by atoms with E-state index in [4.69, 9.17) is 4.74 Å². The minimum Gasteiger partial charge on any atom is -0.382 e. The van der Waals surface area contributed by atoms with Gasteiger partial charge in [0.2, 0.25) is 0 Å². The Labute approximate surface area is 100 Å². The van der Waals surface area contributed by atoms with E-state index in [2.05, 4.69) is 4.98 Å². The van der Waals surface area contributed by atoms with E-state index in [0.29, 0.717) is 5.56 Å². The smallest absolute Gasteiger partial charge is 0.152 e. The first kappa shape index (κ1) is 11.8. The maximum absolute atomic E-state index is 10.9. The van der Waals surface area contributed by atoms with Crippen LogP contribution >= 0.6 is 0 Å². The molecule has 2 aromatic heterocycles. The van der Waals surface area contributed by atoms with Crippen LogP contribution < -0.4 is 0 Å². The van der Waals surface area contributed by atoms with E-state index in [9.17, 15) is 4.79 Å². The maximum Gasteiger partial charge on any atom is 0.152 e. The van der Waals surface area contributed by atoms with Crippen molar-refractivity contribution in [1.82, 2.24) is 9.55 Å². The van der Waals surface area contributed by atoms with E-state index in [1.165, 1.54) is 0 Å². The van der Waals surface area contributed by atoms with Crippen LogP contribution in [0.15, 0.2) is 24.5 Å². The average Bonchev–Trinajstić information content (AvgIpc) is 2.73. The molecule has 0 aliphatic carbocycles. The lowest BCUT2D eigenvalue weighted by Crippen LogP contribution is -2.02. The van der Waals surface area contributed by atoms with Crippen molar-refractivity contribution in [3.63, 3.8) is 0 Å². The Hall–Kier alpha value is -1.68. The molecular formula is C13H16N2O2. The van der Waals surface area contributed by atoms with E-state index in [-0.39, 0.29) is 0 Å². The molecule has 4 nitrogen and oxygen atoms in total. The van der Waals surface area contributed by atoms with Crippen LogP contribution in [-0.2, 0) is 11.3 Å². The standard InChI is InChI=1S/C13H16N2O2/c1-2-17-8-4-7-15-9-11(10-16)12-5-3-6-14-13(12)15/h3,5-6,9-10H,2,4,7-8H2,1H3. The molecule has 0 radical (unpaired) electrons. The Kier molecular flexibility index (Phi) is 3.88. The topological polar surface area (TPSA) is 44.1 Å². The number of aldehydes is 1. The molecule has 0 spiro atoms. The Morgan fingerprint density at radius 2 is 2.41 bits per heavy atom. The molecule has 0 aliphatic rings. The number of hydrogen-bond acceptors (Lipinski definition) is 3. The number of rotatable bonds is 6. The number of carbonyl (C=O) groups excluding carboxylic acids is 1. The number of hydrogen-bond donors (Lipinski definition) is 0. The van der Waals surface area contributed by atoms with Gasteiger partial charge in [-0.1, -0.05) is 0 Å². The summed E-state index contributed by atoms with van der Waals surface area (Å²) in [6, 6.07) is 3.77. The molecule has 0 amide bonds. The minimum atomic E-state index is 0.699. The second-order valence-electron chi connectivity index (χ2n) is 3.82. The summed E-state index contributed by atoms with van der Waals surface area (Å²) in [5.74, 6) is 0. The van der Waals surface area contributed by atoms with Gasteiger partial charge in [0.15, 0.2) is 6.29 Å². The molecule has 0 bridgehead atoms. The molecule has 0 aromatic carbocycles. The average molecular weight is 232 g/mol. The van der Waals surface area contributed by atoms with Crippen LogP contribution in [0.2, 0.25) is 0 Å². The summed E-state index contributed by atoms with van der Waals surface area (Å²) >= 11 is 0. The van der Waals surface area contributed by atoms with Gasteiger partial charge < -0.3 is 9.30 Å². The normalized spacial score (nSPS) is 10.9. The van der Waals surface area contributed by atoms with Crippen LogP contribution in [0.5, 0.6) is 0 Å². The minimum absolute atomic E-state index is 0.699. The van der Waals surface area contributed by atoms with Crippen LogP contribution in [0.25, 0.3) is 11.0 Å². The maximum atomic E-state index is 10.9. The molecule has 17 heavy (non-hydrogen) atoms. The van der Waals surface area contributed by atoms with Crippen molar-refractivity contribution in [2.24, 2.45) is 0 Å². The Morgan fingerprint density at radius 3 is 3.18 bits per heavy atom. The van der Waals surface area contributed by atoms with Gasteiger partial charge in [0, 0.05) is 43.1 Å². The van der Waals surface area contributed by atoms with Crippen LogP contribution in [0.3, 0.4) is 0 Å². The number of aromatic nitrogens is 2. The van der Waals surface area contributed by atoms with Gasteiger partial charge in [-0.25, -0.2) is 4.98 Å². The summed E-state index contributed by atoms with van der Waals surface area (Å²) in [4.78, 5) is 15.3. The zero-order chi connectivity index (χ0) is 12.1. The summed E-state index contributed by atoms with van der Waals surface area (Å²) in [6.45, 7) is 4.28. The van der Waals surface area contributed by atoms with Gasteiger partial charge >= 0.3 is 0 Å². The SMILES string of the molecule is CCOCCCn1cc(C=O)c2cccnc21. The van der Waals surface area contributed by atoms with Gasteiger partial charge in [0.1, 0.15) is 5.65 Å². The van der Waals surface area contributed by atoms with Gasteiger partial charge in [-0.2, -0.15) is 0 Å². The summed E-state index contributed by atoms with van der Waals surface area (Å²) in [7, 11) is 0. The monoisotopic (exact) mass is 232 g/mol. The number of carbonyl (C=O) groups is 1.